The van der Waals surface area contributed by atoms with Crippen LogP contribution in [-0.4, -0.2) is 84.5 Å². The molecule has 10 nitrogen and oxygen atoms in total. The van der Waals surface area contributed by atoms with Gasteiger partial charge in [0.05, 0.1) is 10.3 Å². The fourth-order valence-corrected chi connectivity index (χ4v) is 5.95. The van der Waals surface area contributed by atoms with E-state index < -0.39 is 10.0 Å². The molecule has 2 aromatic heterocycles. The summed E-state index contributed by atoms with van der Waals surface area (Å²) in [5.74, 6) is 0.786. The molecule has 11 heteroatoms. The van der Waals surface area contributed by atoms with E-state index in [4.69, 9.17) is 0 Å². The number of urea groups is 1. The Bertz CT molecular complexity index is 1350. The van der Waals surface area contributed by atoms with Crippen LogP contribution >= 0.6 is 0 Å². The molecule has 33 heavy (non-hydrogen) atoms. The van der Waals surface area contributed by atoms with E-state index in [9.17, 15) is 13.2 Å². The van der Waals surface area contributed by atoms with E-state index in [0.717, 1.165) is 29.4 Å². The van der Waals surface area contributed by atoms with Crippen LogP contribution in [0.2, 0.25) is 0 Å². The van der Waals surface area contributed by atoms with Crippen molar-refractivity contribution in [2.75, 3.05) is 38.6 Å². The standard InChI is InChI=1S/C22H29N7O3S/c1-14-12-28(9-10-29(14)21(30)27(3)4)20-18-16-6-5-15(33(31,32)26-22(2)7-8-22)11-17(16)25-19(18)23-13-24-20/h5-6,11,13-14,26H,7-10,12H2,1-4H3,(H,23,24,25). The van der Waals surface area contributed by atoms with Crippen molar-refractivity contribution in [3.63, 3.8) is 0 Å². The Kier molecular flexibility index (Phi) is 5.02. The molecule has 2 N–H and O–H groups in total. The third-order valence-electron chi connectivity index (χ3n) is 6.59. The predicted molar refractivity (Wildman–Crippen MR) is 127 cm³/mol. The number of nitrogens with zero attached hydrogens (tertiary/aromatic N) is 5. The zero-order valence-electron chi connectivity index (χ0n) is 19.3. The second kappa shape index (κ2) is 7.56. The van der Waals surface area contributed by atoms with E-state index in [1.165, 1.54) is 6.33 Å². The van der Waals surface area contributed by atoms with Crippen molar-refractivity contribution in [3.8, 4) is 0 Å². The lowest BCUT2D eigenvalue weighted by Crippen LogP contribution is -2.56. The summed E-state index contributed by atoms with van der Waals surface area (Å²) in [5, 5.41) is 1.73. The normalized spacial score (nSPS) is 20.4. The molecule has 3 heterocycles. The number of carbonyl (C=O) groups is 1. The molecule has 0 bridgehead atoms. The Morgan fingerprint density at radius 1 is 1.24 bits per heavy atom. The third kappa shape index (κ3) is 3.89. The van der Waals surface area contributed by atoms with Crippen molar-refractivity contribution in [1.29, 1.82) is 0 Å². The van der Waals surface area contributed by atoms with E-state index in [0.29, 0.717) is 30.8 Å². The van der Waals surface area contributed by atoms with Crippen LogP contribution in [0, 0.1) is 0 Å². The fraction of sp³-hybridized carbons (Fsp3) is 0.500. The highest BCUT2D eigenvalue weighted by atomic mass is 32.2. The van der Waals surface area contributed by atoms with Gasteiger partial charge in [-0.25, -0.2) is 27.9 Å². The summed E-state index contributed by atoms with van der Waals surface area (Å²) in [6.07, 6.45) is 3.22. The number of rotatable bonds is 4. The van der Waals surface area contributed by atoms with Crippen molar-refractivity contribution in [1.82, 2.24) is 29.5 Å². The van der Waals surface area contributed by atoms with Gasteiger partial charge in [-0.15, -0.1) is 0 Å². The number of aromatic nitrogens is 3. The largest absolute Gasteiger partial charge is 0.352 e. The summed E-state index contributed by atoms with van der Waals surface area (Å²) in [5.41, 5.74) is 1.02. The van der Waals surface area contributed by atoms with Crippen LogP contribution in [-0.2, 0) is 10.0 Å². The first-order chi connectivity index (χ1) is 15.6. The second-order valence-electron chi connectivity index (χ2n) is 9.58. The molecular weight excluding hydrogens is 442 g/mol. The molecule has 1 aliphatic carbocycles. The summed E-state index contributed by atoms with van der Waals surface area (Å²) >= 11 is 0. The van der Waals surface area contributed by atoms with Gasteiger partial charge in [-0.3, -0.25) is 0 Å². The molecule has 1 saturated carbocycles. The quantitative estimate of drug-likeness (QED) is 0.603. The number of anilines is 1. The van der Waals surface area contributed by atoms with Crippen molar-refractivity contribution >= 4 is 43.8 Å². The van der Waals surface area contributed by atoms with Gasteiger partial charge in [0.1, 0.15) is 17.8 Å². The predicted octanol–water partition coefficient (Wildman–Crippen LogP) is 2.13. The first kappa shape index (κ1) is 21.9. The molecule has 2 fully saturated rings. The SMILES string of the molecule is CC1CN(c2ncnc3[nH]c4cc(S(=O)(=O)NC5(C)CC5)ccc4c23)CCN1C(=O)N(C)C. The Balaban J connectivity index is 1.49. The number of piperazine rings is 1. The number of benzene rings is 1. The van der Waals surface area contributed by atoms with Crippen LogP contribution in [0.3, 0.4) is 0 Å². The van der Waals surface area contributed by atoms with Gasteiger partial charge in [-0.05, 0) is 38.8 Å². The molecule has 176 valence electrons. The second-order valence-corrected chi connectivity index (χ2v) is 11.3. The number of carbonyl (C=O) groups excluding carboxylic acids is 1. The van der Waals surface area contributed by atoms with Crippen LogP contribution in [0.15, 0.2) is 29.4 Å². The highest BCUT2D eigenvalue weighted by Gasteiger charge is 2.41. The van der Waals surface area contributed by atoms with E-state index in [-0.39, 0.29) is 22.5 Å². The highest BCUT2D eigenvalue weighted by Crippen LogP contribution is 2.37. The highest BCUT2D eigenvalue weighted by molar-refractivity contribution is 7.89. The fourth-order valence-electron chi connectivity index (χ4n) is 4.46. The number of hydrogen-bond acceptors (Lipinski definition) is 6. The molecule has 0 spiro atoms. The molecule has 1 atom stereocenters. The van der Waals surface area contributed by atoms with Gasteiger partial charge in [0.25, 0.3) is 0 Å². The number of sulfonamides is 1. The van der Waals surface area contributed by atoms with Crippen molar-refractivity contribution < 1.29 is 13.2 Å². The molecular formula is C22H29N7O3S. The summed E-state index contributed by atoms with van der Waals surface area (Å²) in [6, 6.07) is 5.14. The molecule has 0 radical (unpaired) electrons. The first-order valence-electron chi connectivity index (χ1n) is 11.1. The van der Waals surface area contributed by atoms with Crippen LogP contribution in [0.25, 0.3) is 21.9 Å². The number of amides is 2. The number of nitrogens with one attached hydrogen (secondary N) is 2. The van der Waals surface area contributed by atoms with Crippen LogP contribution in [0.1, 0.15) is 26.7 Å². The minimum atomic E-state index is -3.60. The van der Waals surface area contributed by atoms with Gasteiger partial charge in [0, 0.05) is 56.2 Å². The van der Waals surface area contributed by atoms with Gasteiger partial charge in [-0.2, -0.15) is 0 Å². The average molecular weight is 472 g/mol. The molecule has 1 unspecified atom stereocenters. The van der Waals surface area contributed by atoms with Crippen molar-refractivity contribution in [2.45, 2.75) is 43.2 Å². The van der Waals surface area contributed by atoms with Crippen LogP contribution < -0.4 is 9.62 Å². The van der Waals surface area contributed by atoms with Gasteiger partial charge in [-0.1, -0.05) is 6.07 Å². The molecule has 1 saturated heterocycles. The van der Waals surface area contributed by atoms with E-state index in [2.05, 4.69) is 24.6 Å². The topological polar surface area (TPSA) is 115 Å². The lowest BCUT2D eigenvalue weighted by Gasteiger charge is -2.41. The summed E-state index contributed by atoms with van der Waals surface area (Å²) in [7, 11) is -0.0811. The van der Waals surface area contributed by atoms with Crippen LogP contribution in [0.5, 0.6) is 0 Å². The lowest BCUT2D eigenvalue weighted by atomic mass is 10.1. The molecule has 1 aromatic carbocycles. The number of fused-ring (bicyclic) bond motifs is 3. The van der Waals surface area contributed by atoms with Crippen molar-refractivity contribution in [3.05, 3.63) is 24.5 Å². The lowest BCUT2D eigenvalue weighted by molar-refractivity contribution is 0.146. The van der Waals surface area contributed by atoms with Gasteiger partial charge in [0.15, 0.2) is 0 Å². The molecule has 2 amide bonds. The minimum absolute atomic E-state index is 0.00415. The number of H-pyrrole nitrogens is 1. The minimum Gasteiger partial charge on any atom is -0.352 e. The number of hydrogen-bond donors (Lipinski definition) is 2. The van der Waals surface area contributed by atoms with Gasteiger partial charge >= 0.3 is 6.03 Å². The average Bonchev–Trinajstić information content (AvgIpc) is 3.35. The first-order valence-corrected chi connectivity index (χ1v) is 12.6. The number of aromatic amines is 1. The van der Waals surface area contributed by atoms with Gasteiger partial charge in [0.2, 0.25) is 10.0 Å². The maximum Gasteiger partial charge on any atom is 0.319 e. The summed E-state index contributed by atoms with van der Waals surface area (Å²) in [6.45, 7) is 5.84. The van der Waals surface area contributed by atoms with E-state index >= 15 is 0 Å². The summed E-state index contributed by atoms with van der Waals surface area (Å²) in [4.78, 5) is 30.5. The zero-order chi connectivity index (χ0) is 23.5. The molecule has 3 aromatic rings. The molecule has 1 aliphatic heterocycles. The molecule has 2 aliphatic rings. The third-order valence-corrected chi connectivity index (χ3v) is 8.22. The summed E-state index contributed by atoms with van der Waals surface area (Å²) < 4.78 is 28.5. The maximum absolute atomic E-state index is 12.8. The van der Waals surface area contributed by atoms with E-state index in [1.807, 2.05) is 24.8 Å². The van der Waals surface area contributed by atoms with Crippen LogP contribution in [0.4, 0.5) is 10.6 Å². The zero-order valence-corrected chi connectivity index (χ0v) is 20.1. The molecule has 5 rings (SSSR count). The van der Waals surface area contributed by atoms with E-state index in [1.54, 1.807) is 31.1 Å². The monoisotopic (exact) mass is 471 g/mol. The Morgan fingerprint density at radius 2 is 2.00 bits per heavy atom. The van der Waals surface area contributed by atoms with Gasteiger partial charge < -0.3 is 19.7 Å². The van der Waals surface area contributed by atoms with Crippen molar-refractivity contribution in [2.24, 2.45) is 0 Å². The smallest absolute Gasteiger partial charge is 0.319 e. The maximum atomic E-state index is 12.8. The Hall–Kier alpha value is -2.92. The Morgan fingerprint density at radius 3 is 2.67 bits per heavy atom. The Labute approximate surface area is 193 Å².